The van der Waals surface area contributed by atoms with Gasteiger partial charge in [-0.3, -0.25) is 14.0 Å². The van der Waals surface area contributed by atoms with Gasteiger partial charge in [0.1, 0.15) is 17.0 Å². The molecular weight excluding hydrogens is 276 g/mol. The zero-order valence-electron chi connectivity index (χ0n) is 10.1. The first kappa shape index (κ1) is 11.4. The van der Waals surface area contributed by atoms with Crippen molar-refractivity contribution in [3.8, 4) is 11.3 Å². The molecular formula is C15H7ClN2O2. The number of carbonyl (C=O) groups is 2. The molecule has 5 heteroatoms. The van der Waals surface area contributed by atoms with E-state index in [1.807, 2.05) is 6.07 Å². The zero-order valence-corrected chi connectivity index (χ0v) is 10.9. The van der Waals surface area contributed by atoms with Crippen LogP contribution >= 0.6 is 11.6 Å². The van der Waals surface area contributed by atoms with Crippen LogP contribution in [-0.4, -0.2) is 21.0 Å². The van der Waals surface area contributed by atoms with Gasteiger partial charge in [-0.25, -0.2) is 4.98 Å². The highest BCUT2D eigenvalue weighted by Crippen LogP contribution is 2.36. The second kappa shape index (κ2) is 3.77. The Morgan fingerprint density at radius 3 is 2.70 bits per heavy atom. The highest BCUT2D eigenvalue weighted by Gasteiger charge is 2.35. The van der Waals surface area contributed by atoms with E-state index in [9.17, 15) is 9.59 Å². The summed E-state index contributed by atoms with van der Waals surface area (Å²) < 4.78 is 1.64. The minimum absolute atomic E-state index is 0.245. The summed E-state index contributed by atoms with van der Waals surface area (Å²) in [7, 11) is 0. The monoisotopic (exact) mass is 282 g/mol. The minimum atomic E-state index is -0.580. The van der Waals surface area contributed by atoms with Gasteiger partial charge >= 0.3 is 0 Å². The lowest BCUT2D eigenvalue weighted by molar-refractivity contribution is 0.0812. The van der Waals surface area contributed by atoms with Crippen molar-refractivity contribution in [3.63, 3.8) is 0 Å². The third-order valence-corrected chi connectivity index (χ3v) is 3.76. The number of hydrogen-bond acceptors (Lipinski definition) is 3. The molecule has 0 spiro atoms. The van der Waals surface area contributed by atoms with E-state index in [1.54, 1.807) is 40.9 Å². The average molecular weight is 283 g/mol. The first-order chi connectivity index (χ1) is 9.68. The number of benzene rings is 1. The minimum Gasteiger partial charge on any atom is -0.296 e. The van der Waals surface area contributed by atoms with Gasteiger partial charge in [-0.1, -0.05) is 29.8 Å². The van der Waals surface area contributed by atoms with Crippen molar-refractivity contribution in [2.24, 2.45) is 0 Å². The third kappa shape index (κ3) is 1.29. The van der Waals surface area contributed by atoms with Crippen LogP contribution in [0.1, 0.15) is 20.8 Å². The number of carbonyl (C=O) groups excluding carboxylic acids is 2. The van der Waals surface area contributed by atoms with E-state index in [0.29, 0.717) is 22.6 Å². The van der Waals surface area contributed by atoms with Crippen molar-refractivity contribution in [2.75, 3.05) is 0 Å². The van der Waals surface area contributed by atoms with Crippen molar-refractivity contribution in [1.82, 2.24) is 9.38 Å². The standard InChI is InChI=1S/C15H7ClN2O2/c16-9-5-3-4-8-11(9)14(19)15(20)13-12(8)17-10-6-1-2-7-18(10)13/h1-7H. The summed E-state index contributed by atoms with van der Waals surface area (Å²) in [6.45, 7) is 0. The lowest BCUT2D eigenvalue weighted by Gasteiger charge is -2.14. The van der Waals surface area contributed by atoms with Crippen LogP contribution in [0.2, 0.25) is 5.02 Å². The van der Waals surface area contributed by atoms with Crippen molar-refractivity contribution >= 4 is 28.8 Å². The second-order valence-corrected chi connectivity index (χ2v) is 4.97. The van der Waals surface area contributed by atoms with Gasteiger partial charge in [0.15, 0.2) is 0 Å². The molecule has 1 aliphatic rings. The zero-order chi connectivity index (χ0) is 13.9. The average Bonchev–Trinajstić information content (AvgIpc) is 2.84. The number of fused-ring (bicyclic) bond motifs is 5. The summed E-state index contributed by atoms with van der Waals surface area (Å²) in [6, 6.07) is 10.5. The highest BCUT2D eigenvalue weighted by atomic mass is 35.5. The van der Waals surface area contributed by atoms with Crippen LogP contribution in [0.15, 0.2) is 42.6 Å². The van der Waals surface area contributed by atoms with Crippen LogP contribution in [0.25, 0.3) is 16.9 Å². The molecule has 0 unspecified atom stereocenters. The van der Waals surface area contributed by atoms with Gasteiger partial charge in [0.2, 0.25) is 5.78 Å². The lowest BCUT2D eigenvalue weighted by Crippen LogP contribution is -2.22. The summed E-state index contributed by atoms with van der Waals surface area (Å²) in [5, 5.41) is 0.281. The predicted molar refractivity (Wildman–Crippen MR) is 74.3 cm³/mol. The Kier molecular flexibility index (Phi) is 2.15. The topological polar surface area (TPSA) is 51.4 Å². The van der Waals surface area contributed by atoms with Gasteiger partial charge in [-0.05, 0) is 18.2 Å². The molecule has 0 atom stereocenters. The summed E-state index contributed by atoms with van der Waals surface area (Å²) in [5.74, 6) is -1.15. The first-order valence-corrected chi connectivity index (χ1v) is 6.41. The molecule has 96 valence electrons. The Hall–Kier alpha value is -2.46. The fraction of sp³-hybridized carbons (Fsp3) is 0. The summed E-state index contributed by atoms with van der Waals surface area (Å²) in [6.07, 6.45) is 1.72. The smallest absolute Gasteiger partial charge is 0.252 e. The van der Waals surface area contributed by atoms with Gasteiger partial charge in [0.25, 0.3) is 5.78 Å². The lowest BCUT2D eigenvalue weighted by atomic mass is 9.90. The van der Waals surface area contributed by atoms with E-state index in [1.165, 1.54) is 0 Å². The van der Waals surface area contributed by atoms with Gasteiger partial charge in [-0.15, -0.1) is 0 Å². The molecule has 2 heterocycles. The molecule has 0 saturated heterocycles. The fourth-order valence-electron chi connectivity index (χ4n) is 2.57. The molecule has 0 saturated carbocycles. The van der Waals surface area contributed by atoms with Gasteiger partial charge < -0.3 is 0 Å². The summed E-state index contributed by atoms with van der Waals surface area (Å²) in [4.78, 5) is 29.1. The summed E-state index contributed by atoms with van der Waals surface area (Å²) >= 11 is 6.06. The van der Waals surface area contributed by atoms with Crippen molar-refractivity contribution in [1.29, 1.82) is 0 Å². The molecule has 0 N–H and O–H groups in total. The van der Waals surface area contributed by atoms with E-state index in [2.05, 4.69) is 4.98 Å². The molecule has 2 aromatic heterocycles. The maximum absolute atomic E-state index is 12.3. The third-order valence-electron chi connectivity index (χ3n) is 3.45. The fourth-order valence-corrected chi connectivity index (χ4v) is 2.83. The Morgan fingerprint density at radius 2 is 1.85 bits per heavy atom. The van der Waals surface area contributed by atoms with Gasteiger partial charge in [0.05, 0.1) is 10.6 Å². The van der Waals surface area contributed by atoms with Crippen molar-refractivity contribution in [2.45, 2.75) is 0 Å². The van der Waals surface area contributed by atoms with E-state index in [-0.39, 0.29) is 10.6 Å². The number of aromatic nitrogens is 2. The van der Waals surface area contributed by atoms with E-state index < -0.39 is 11.6 Å². The summed E-state index contributed by atoms with van der Waals surface area (Å²) in [5.41, 5.74) is 2.31. The second-order valence-electron chi connectivity index (χ2n) is 4.56. The predicted octanol–water partition coefficient (Wildman–Crippen LogP) is 3.03. The Morgan fingerprint density at radius 1 is 1.00 bits per heavy atom. The maximum atomic E-state index is 12.3. The van der Waals surface area contributed by atoms with E-state index >= 15 is 0 Å². The van der Waals surface area contributed by atoms with E-state index in [0.717, 1.165) is 0 Å². The van der Waals surface area contributed by atoms with Crippen LogP contribution in [0.5, 0.6) is 0 Å². The molecule has 0 bridgehead atoms. The molecule has 0 amide bonds. The van der Waals surface area contributed by atoms with Crippen molar-refractivity contribution in [3.05, 3.63) is 58.9 Å². The van der Waals surface area contributed by atoms with Crippen LogP contribution in [0.3, 0.4) is 0 Å². The van der Waals surface area contributed by atoms with Gasteiger partial charge in [0, 0.05) is 11.8 Å². The normalized spacial score (nSPS) is 13.4. The molecule has 4 nitrogen and oxygen atoms in total. The number of halogens is 1. The highest BCUT2D eigenvalue weighted by molar-refractivity contribution is 6.55. The van der Waals surface area contributed by atoms with E-state index in [4.69, 9.17) is 11.6 Å². The van der Waals surface area contributed by atoms with Crippen LogP contribution in [0, 0.1) is 0 Å². The number of Topliss-reactive ketones (excluding diaryl/α,β-unsaturated/α-hetero) is 2. The van der Waals surface area contributed by atoms with Crippen LogP contribution in [-0.2, 0) is 0 Å². The van der Waals surface area contributed by atoms with Crippen molar-refractivity contribution < 1.29 is 9.59 Å². The quantitative estimate of drug-likeness (QED) is 0.596. The first-order valence-electron chi connectivity index (χ1n) is 6.03. The van der Waals surface area contributed by atoms with Crippen LogP contribution in [0.4, 0.5) is 0 Å². The number of pyridine rings is 1. The molecule has 20 heavy (non-hydrogen) atoms. The molecule has 0 aliphatic heterocycles. The Labute approximate surface area is 118 Å². The number of nitrogens with zero attached hydrogens (tertiary/aromatic N) is 2. The largest absolute Gasteiger partial charge is 0.296 e. The molecule has 1 aliphatic carbocycles. The van der Waals surface area contributed by atoms with Crippen LogP contribution < -0.4 is 0 Å². The molecule has 4 rings (SSSR count). The Balaban J connectivity index is 2.20. The molecule has 1 aromatic carbocycles. The number of rotatable bonds is 0. The number of ketones is 2. The maximum Gasteiger partial charge on any atom is 0.252 e. The molecule has 0 fully saturated rings. The Bertz CT molecular complexity index is 911. The SMILES string of the molecule is O=C1C(=O)c2c(nc3ccccn23)-c2cccc(Cl)c21. The number of imidazole rings is 1. The molecule has 0 radical (unpaired) electrons. The number of hydrogen-bond donors (Lipinski definition) is 0. The molecule has 3 aromatic rings. The van der Waals surface area contributed by atoms with Gasteiger partial charge in [-0.2, -0.15) is 0 Å².